The molecule has 0 aliphatic heterocycles. The summed E-state index contributed by atoms with van der Waals surface area (Å²) in [5, 5.41) is 0. The predicted octanol–water partition coefficient (Wildman–Crippen LogP) is 5.27. The third kappa shape index (κ3) is 5.42. The van der Waals surface area contributed by atoms with E-state index in [0.29, 0.717) is 6.61 Å². The Morgan fingerprint density at radius 1 is 1.13 bits per heavy atom. The average Bonchev–Trinajstić information content (AvgIpc) is 2.46. The van der Waals surface area contributed by atoms with Gasteiger partial charge < -0.3 is 10.5 Å². The Labute approximate surface area is 145 Å². The Hall–Kier alpha value is -1.77. The molecular weight excluding hydrogens is 306 g/mol. The minimum Gasteiger partial charge on any atom is -0.488 e. The summed E-state index contributed by atoms with van der Waals surface area (Å²) in [7, 11) is 0. The van der Waals surface area contributed by atoms with E-state index in [2.05, 4.69) is 44.7 Å². The second-order valence-corrected chi connectivity index (χ2v) is 6.03. The van der Waals surface area contributed by atoms with E-state index in [1.807, 2.05) is 25.1 Å². The number of rotatable bonds is 6. The number of hydrogen-bond acceptors (Lipinski definition) is 2. The maximum atomic E-state index is 6.25. The van der Waals surface area contributed by atoms with Gasteiger partial charge >= 0.3 is 0 Å². The van der Waals surface area contributed by atoms with Gasteiger partial charge in [0.1, 0.15) is 12.4 Å². The average molecular weight is 332 g/mol. The first-order valence-corrected chi connectivity index (χ1v) is 7.65. The van der Waals surface area contributed by atoms with Crippen LogP contribution in [-0.2, 0) is 6.61 Å². The third-order valence-electron chi connectivity index (χ3n) is 3.71. The molecule has 0 radical (unpaired) electrons. The van der Waals surface area contributed by atoms with E-state index in [4.69, 9.17) is 10.5 Å². The SMILES string of the molecule is C=C(C)C[C@@H](N)c1cc(C)c(OCc2ccccc2)c(C)c1.Cl. The fourth-order valence-electron chi connectivity index (χ4n) is 2.65. The molecule has 124 valence electrons. The zero-order valence-corrected chi connectivity index (χ0v) is 15.0. The molecule has 0 spiro atoms. The van der Waals surface area contributed by atoms with Gasteiger partial charge in [-0.05, 0) is 49.4 Å². The standard InChI is InChI=1S/C20H25NO.ClH/c1-14(2)10-19(21)18-11-15(3)20(16(4)12-18)22-13-17-8-6-5-7-9-17;/h5-9,11-12,19H,1,10,13,21H2,2-4H3;1H/t19-;/m1./s1. The molecule has 0 fully saturated rings. The number of ether oxygens (including phenoxy) is 1. The lowest BCUT2D eigenvalue weighted by molar-refractivity contribution is 0.302. The van der Waals surface area contributed by atoms with Crippen molar-refractivity contribution in [1.29, 1.82) is 0 Å². The topological polar surface area (TPSA) is 35.2 Å². The summed E-state index contributed by atoms with van der Waals surface area (Å²) in [5.74, 6) is 0.954. The number of aryl methyl sites for hydroxylation is 2. The first kappa shape index (κ1) is 19.3. The van der Waals surface area contributed by atoms with Crippen LogP contribution in [0, 0.1) is 13.8 Å². The summed E-state index contributed by atoms with van der Waals surface area (Å²) in [6.45, 7) is 10.7. The highest BCUT2D eigenvalue weighted by atomic mass is 35.5. The van der Waals surface area contributed by atoms with Gasteiger partial charge in [-0.1, -0.05) is 48.0 Å². The highest BCUT2D eigenvalue weighted by Gasteiger charge is 2.12. The molecule has 0 aromatic heterocycles. The lowest BCUT2D eigenvalue weighted by Gasteiger charge is -2.18. The smallest absolute Gasteiger partial charge is 0.125 e. The molecule has 0 saturated heterocycles. The van der Waals surface area contributed by atoms with Crippen molar-refractivity contribution in [2.75, 3.05) is 0 Å². The highest BCUT2D eigenvalue weighted by Crippen LogP contribution is 2.29. The van der Waals surface area contributed by atoms with Crippen LogP contribution >= 0.6 is 12.4 Å². The molecule has 1 atom stereocenters. The molecule has 0 saturated carbocycles. The van der Waals surface area contributed by atoms with Crippen molar-refractivity contribution in [2.24, 2.45) is 5.73 Å². The van der Waals surface area contributed by atoms with Gasteiger partial charge in [0.15, 0.2) is 0 Å². The van der Waals surface area contributed by atoms with Gasteiger partial charge in [-0.25, -0.2) is 0 Å². The Bertz CT molecular complexity index is 629. The maximum absolute atomic E-state index is 6.25. The molecular formula is C20H26ClNO. The van der Waals surface area contributed by atoms with Gasteiger partial charge in [-0.3, -0.25) is 0 Å². The van der Waals surface area contributed by atoms with Crippen molar-refractivity contribution in [3.63, 3.8) is 0 Å². The Morgan fingerprint density at radius 2 is 1.70 bits per heavy atom. The Kier molecular flexibility index (Phi) is 7.34. The number of benzene rings is 2. The van der Waals surface area contributed by atoms with Crippen molar-refractivity contribution < 1.29 is 4.74 Å². The molecule has 2 rings (SSSR count). The van der Waals surface area contributed by atoms with E-state index in [1.165, 1.54) is 5.56 Å². The number of hydrogen-bond donors (Lipinski definition) is 1. The van der Waals surface area contributed by atoms with Crippen LogP contribution in [0.5, 0.6) is 5.75 Å². The minimum absolute atomic E-state index is 0. The monoisotopic (exact) mass is 331 g/mol. The van der Waals surface area contributed by atoms with Crippen molar-refractivity contribution in [3.05, 3.63) is 76.9 Å². The lowest BCUT2D eigenvalue weighted by Crippen LogP contribution is -2.11. The van der Waals surface area contributed by atoms with Crippen LogP contribution in [0.2, 0.25) is 0 Å². The normalized spacial score (nSPS) is 11.5. The van der Waals surface area contributed by atoms with Gasteiger partial charge in [0, 0.05) is 6.04 Å². The van der Waals surface area contributed by atoms with Crippen LogP contribution in [0.4, 0.5) is 0 Å². The summed E-state index contributed by atoms with van der Waals surface area (Å²) < 4.78 is 6.01. The quantitative estimate of drug-likeness (QED) is 0.732. The molecule has 0 amide bonds. The molecule has 3 heteroatoms. The van der Waals surface area contributed by atoms with E-state index in [0.717, 1.165) is 34.4 Å². The molecule has 0 heterocycles. The molecule has 2 aromatic carbocycles. The zero-order chi connectivity index (χ0) is 16.1. The molecule has 2 nitrogen and oxygen atoms in total. The molecule has 0 bridgehead atoms. The Morgan fingerprint density at radius 3 is 2.22 bits per heavy atom. The fraction of sp³-hybridized carbons (Fsp3) is 0.300. The minimum atomic E-state index is -0.00178. The molecule has 0 unspecified atom stereocenters. The van der Waals surface area contributed by atoms with Crippen LogP contribution in [-0.4, -0.2) is 0 Å². The number of halogens is 1. The fourth-order valence-corrected chi connectivity index (χ4v) is 2.65. The predicted molar refractivity (Wildman–Crippen MR) is 100 cm³/mol. The summed E-state index contributed by atoms with van der Waals surface area (Å²) in [6, 6.07) is 14.5. The van der Waals surface area contributed by atoms with Gasteiger partial charge in [-0.15, -0.1) is 19.0 Å². The van der Waals surface area contributed by atoms with Crippen LogP contribution in [0.15, 0.2) is 54.6 Å². The summed E-state index contributed by atoms with van der Waals surface area (Å²) >= 11 is 0. The molecule has 0 aliphatic carbocycles. The van der Waals surface area contributed by atoms with E-state index < -0.39 is 0 Å². The van der Waals surface area contributed by atoms with Crippen LogP contribution < -0.4 is 10.5 Å². The van der Waals surface area contributed by atoms with Gasteiger partial charge in [-0.2, -0.15) is 0 Å². The Balaban J connectivity index is 0.00000264. The van der Waals surface area contributed by atoms with Crippen LogP contribution in [0.25, 0.3) is 0 Å². The summed E-state index contributed by atoms with van der Waals surface area (Å²) in [5.41, 5.74) is 11.9. The van der Waals surface area contributed by atoms with Crippen molar-refractivity contribution in [1.82, 2.24) is 0 Å². The zero-order valence-electron chi connectivity index (χ0n) is 14.1. The van der Waals surface area contributed by atoms with E-state index in [9.17, 15) is 0 Å². The van der Waals surface area contributed by atoms with E-state index >= 15 is 0 Å². The van der Waals surface area contributed by atoms with Gasteiger partial charge in [0.2, 0.25) is 0 Å². The van der Waals surface area contributed by atoms with Crippen LogP contribution in [0.3, 0.4) is 0 Å². The van der Waals surface area contributed by atoms with Crippen LogP contribution in [0.1, 0.15) is 41.6 Å². The van der Waals surface area contributed by atoms with Gasteiger partial charge in [0.05, 0.1) is 0 Å². The summed E-state index contributed by atoms with van der Waals surface area (Å²) in [6.07, 6.45) is 0.809. The molecule has 23 heavy (non-hydrogen) atoms. The third-order valence-corrected chi connectivity index (χ3v) is 3.71. The van der Waals surface area contributed by atoms with Crippen molar-refractivity contribution in [2.45, 2.75) is 39.8 Å². The first-order valence-electron chi connectivity index (χ1n) is 7.65. The van der Waals surface area contributed by atoms with Crippen molar-refractivity contribution >= 4 is 12.4 Å². The number of nitrogens with two attached hydrogens (primary N) is 1. The highest BCUT2D eigenvalue weighted by molar-refractivity contribution is 5.85. The summed E-state index contributed by atoms with van der Waals surface area (Å²) in [4.78, 5) is 0. The molecule has 2 N–H and O–H groups in total. The van der Waals surface area contributed by atoms with E-state index in [-0.39, 0.29) is 18.4 Å². The second kappa shape index (κ2) is 8.76. The lowest BCUT2D eigenvalue weighted by atomic mass is 9.97. The van der Waals surface area contributed by atoms with Gasteiger partial charge in [0.25, 0.3) is 0 Å². The maximum Gasteiger partial charge on any atom is 0.125 e. The largest absolute Gasteiger partial charge is 0.488 e. The molecule has 0 aliphatic rings. The second-order valence-electron chi connectivity index (χ2n) is 6.03. The van der Waals surface area contributed by atoms with Crippen molar-refractivity contribution in [3.8, 4) is 5.75 Å². The first-order chi connectivity index (χ1) is 10.5. The van der Waals surface area contributed by atoms with E-state index in [1.54, 1.807) is 0 Å². The molecule has 2 aromatic rings.